The molecular formula is C16H21NO3. The Kier molecular flexibility index (Phi) is 4.42. The second-order valence-electron chi connectivity index (χ2n) is 5.61. The van der Waals surface area contributed by atoms with E-state index in [0.717, 1.165) is 17.5 Å². The summed E-state index contributed by atoms with van der Waals surface area (Å²) in [6.07, 6.45) is 1.48. The Bertz CT molecular complexity index is 522. The molecule has 0 radical (unpaired) electrons. The number of amides is 1. The van der Waals surface area contributed by atoms with Crippen molar-refractivity contribution in [2.75, 3.05) is 13.1 Å². The van der Waals surface area contributed by atoms with E-state index in [1.54, 1.807) is 4.90 Å². The van der Waals surface area contributed by atoms with Crippen LogP contribution in [0.4, 0.5) is 0 Å². The normalized spacial score (nSPS) is 14.6. The van der Waals surface area contributed by atoms with Crippen LogP contribution in [0.3, 0.4) is 0 Å². The maximum absolute atomic E-state index is 12.4. The molecule has 0 aromatic heterocycles. The van der Waals surface area contributed by atoms with Gasteiger partial charge in [-0.1, -0.05) is 26.0 Å². The highest BCUT2D eigenvalue weighted by Gasteiger charge is 2.24. The zero-order chi connectivity index (χ0) is 14.7. The summed E-state index contributed by atoms with van der Waals surface area (Å²) in [7, 11) is 0. The molecule has 1 aliphatic heterocycles. The molecule has 0 fully saturated rings. The standard InChI is InChI=1S/C16H21NO3/c1-11(2)13-6-5-12-7-9-17(8-3-4-15(18)19)16(20)14(12)10-13/h5-6,10-11H,3-4,7-9H2,1-2H3,(H,18,19). The van der Waals surface area contributed by atoms with Crippen molar-refractivity contribution in [3.8, 4) is 0 Å². The van der Waals surface area contributed by atoms with Crippen molar-refractivity contribution in [2.24, 2.45) is 0 Å². The molecule has 108 valence electrons. The van der Waals surface area contributed by atoms with E-state index in [-0.39, 0.29) is 12.3 Å². The number of aliphatic carboxylic acids is 1. The van der Waals surface area contributed by atoms with Gasteiger partial charge in [0.05, 0.1) is 0 Å². The quantitative estimate of drug-likeness (QED) is 0.898. The Morgan fingerprint density at radius 3 is 2.80 bits per heavy atom. The lowest BCUT2D eigenvalue weighted by atomic mass is 9.93. The third kappa shape index (κ3) is 3.18. The molecule has 0 aliphatic carbocycles. The maximum atomic E-state index is 12.4. The van der Waals surface area contributed by atoms with Crippen molar-refractivity contribution >= 4 is 11.9 Å². The molecule has 1 aromatic rings. The molecule has 1 aliphatic rings. The van der Waals surface area contributed by atoms with Crippen molar-refractivity contribution in [1.29, 1.82) is 0 Å². The molecule has 0 saturated heterocycles. The van der Waals surface area contributed by atoms with Crippen molar-refractivity contribution in [2.45, 2.75) is 39.0 Å². The van der Waals surface area contributed by atoms with Gasteiger partial charge in [0.25, 0.3) is 5.91 Å². The summed E-state index contributed by atoms with van der Waals surface area (Å²) in [6.45, 7) is 5.43. The van der Waals surface area contributed by atoms with Gasteiger partial charge in [-0.15, -0.1) is 0 Å². The Morgan fingerprint density at radius 2 is 2.15 bits per heavy atom. The molecule has 1 aromatic carbocycles. The van der Waals surface area contributed by atoms with E-state index in [1.165, 1.54) is 5.56 Å². The Labute approximate surface area is 119 Å². The predicted molar refractivity (Wildman–Crippen MR) is 77.0 cm³/mol. The summed E-state index contributed by atoms with van der Waals surface area (Å²) in [6, 6.07) is 6.14. The molecule has 0 spiro atoms. The first-order valence-corrected chi connectivity index (χ1v) is 7.13. The first kappa shape index (κ1) is 14.6. The number of carboxylic acids is 1. The van der Waals surface area contributed by atoms with Gasteiger partial charge in [-0.05, 0) is 36.0 Å². The predicted octanol–water partition coefficient (Wildman–Crippen LogP) is 2.67. The molecule has 20 heavy (non-hydrogen) atoms. The number of rotatable bonds is 5. The van der Waals surface area contributed by atoms with Crippen LogP contribution in [0.2, 0.25) is 0 Å². The number of nitrogens with zero attached hydrogens (tertiary/aromatic N) is 1. The smallest absolute Gasteiger partial charge is 0.303 e. The SMILES string of the molecule is CC(C)c1ccc2c(c1)C(=O)N(CCCC(=O)O)CC2. The zero-order valence-electron chi connectivity index (χ0n) is 12.1. The fourth-order valence-corrected chi connectivity index (χ4v) is 2.53. The molecule has 0 atom stereocenters. The molecule has 1 N–H and O–H groups in total. The van der Waals surface area contributed by atoms with Crippen LogP contribution in [0.1, 0.15) is 54.1 Å². The van der Waals surface area contributed by atoms with E-state index in [1.807, 2.05) is 6.07 Å². The second kappa shape index (κ2) is 6.07. The molecular weight excluding hydrogens is 254 g/mol. The monoisotopic (exact) mass is 275 g/mol. The van der Waals surface area contributed by atoms with Crippen molar-refractivity contribution < 1.29 is 14.7 Å². The minimum atomic E-state index is -0.808. The fourth-order valence-electron chi connectivity index (χ4n) is 2.53. The van der Waals surface area contributed by atoms with Gasteiger partial charge >= 0.3 is 5.97 Å². The number of carbonyl (C=O) groups excluding carboxylic acids is 1. The minimum absolute atomic E-state index is 0.0409. The number of hydrogen-bond acceptors (Lipinski definition) is 2. The summed E-state index contributed by atoms with van der Waals surface area (Å²) in [4.78, 5) is 24.8. The van der Waals surface area contributed by atoms with Gasteiger partial charge < -0.3 is 10.0 Å². The second-order valence-corrected chi connectivity index (χ2v) is 5.61. The van der Waals surface area contributed by atoms with Crippen molar-refractivity contribution in [1.82, 2.24) is 4.90 Å². The molecule has 1 heterocycles. The number of benzene rings is 1. The topological polar surface area (TPSA) is 57.6 Å². The lowest BCUT2D eigenvalue weighted by Crippen LogP contribution is -2.38. The van der Waals surface area contributed by atoms with Crippen LogP contribution >= 0.6 is 0 Å². The van der Waals surface area contributed by atoms with Gasteiger partial charge in [0.15, 0.2) is 0 Å². The van der Waals surface area contributed by atoms with Crippen LogP contribution in [0, 0.1) is 0 Å². The van der Waals surface area contributed by atoms with Crippen LogP contribution in [0.15, 0.2) is 18.2 Å². The molecule has 0 unspecified atom stereocenters. The third-order valence-corrected chi connectivity index (χ3v) is 3.79. The molecule has 2 rings (SSSR count). The molecule has 4 heteroatoms. The van der Waals surface area contributed by atoms with Gasteiger partial charge in [0, 0.05) is 25.1 Å². The van der Waals surface area contributed by atoms with Crippen LogP contribution in [0.25, 0.3) is 0 Å². The van der Waals surface area contributed by atoms with Crippen molar-refractivity contribution in [3.63, 3.8) is 0 Å². The highest BCUT2D eigenvalue weighted by molar-refractivity contribution is 5.97. The van der Waals surface area contributed by atoms with Gasteiger partial charge in [-0.3, -0.25) is 9.59 Å². The average Bonchev–Trinajstić information content (AvgIpc) is 2.40. The van der Waals surface area contributed by atoms with E-state index < -0.39 is 5.97 Å². The summed E-state index contributed by atoms with van der Waals surface area (Å²) in [5, 5.41) is 8.66. The number of hydrogen-bond donors (Lipinski definition) is 1. The lowest BCUT2D eigenvalue weighted by molar-refractivity contribution is -0.137. The highest BCUT2D eigenvalue weighted by Crippen LogP contribution is 2.24. The molecule has 0 saturated carbocycles. The van der Waals surface area contributed by atoms with Crippen LogP contribution in [-0.4, -0.2) is 35.0 Å². The first-order chi connectivity index (χ1) is 9.49. The van der Waals surface area contributed by atoms with E-state index >= 15 is 0 Å². The minimum Gasteiger partial charge on any atom is -0.481 e. The largest absolute Gasteiger partial charge is 0.481 e. The Balaban J connectivity index is 2.11. The lowest BCUT2D eigenvalue weighted by Gasteiger charge is -2.29. The van der Waals surface area contributed by atoms with Crippen LogP contribution in [0.5, 0.6) is 0 Å². The van der Waals surface area contributed by atoms with Crippen molar-refractivity contribution in [3.05, 3.63) is 34.9 Å². The maximum Gasteiger partial charge on any atom is 0.303 e. The molecule has 0 bridgehead atoms. The summed E-state index contributed by atoms with van der Waals surface area (Å²) >= 11 is 0. The zero-order valence-corrected chi connectivity index (χ0v) is 12.1. The van der Waals surface area contributed by atoms with E-state index in [2.05, 4.69) is 26.0 Å². The van der Waals surface area contributed by atoms with Crippen LogP contribution < -0.4 is 0 Å². The fraction of sp³-hybridized carbons (Fsp3) is 0.500. The van der Waals surface area contributed by atoms with Gasteiger partial charge in [-0.25, -0.2) is 0 Å². The van der Waals surface area contributed by atoms with Gasteiger partial charge in [-0.2, -0.15) is 0 Å². The van der Waals surface area contributed by atoms with Gasteiger partial charge in [0.1, 0.15) is 0 Å². The summed E-state index contributed by atoms with van der Waals surface area (Å²) in [5.41, 5.74) is 3.07. The first-order valence-electron chi connectivity index (χ1n) is 7.13. The van der Waals surface area contributed by atoms with E-state index in [0.29, 0.717) is 25.4 Å². The Morgan fingerprint density at radius 1 is 1.40 bits per heavy atom. The Hall–Kier alpha value is -1.84. The number of carbonyl (C=O) groups is 2. The third-order valence-electron chi connectivity index (χ3n) is 3.79. The average molecular weight is 275 g/mol. The van der Waals surface area contributed by atoms with Gasteiger partial charge in [0.2, 0.25) is 0 Å². The molecule has 1 amide bonds. The summed E-state index contributed by atoms with van der Waals surface area (Å²) < 4.78 is 0. The number of carboxylic acid groups (broad SMARTS) is 1. The van der Waals surface area contributed by atoms with E-state index in [4.69, 9.17) is 5.11 Å². The van der Waals surface area contributed by atoms with Crippen LogP contribution in [-0.2, 0) is 11.2 Å². The number of fused-ring (bicyclic) bond motifs is 1. The highest BCUT2D eigenvalue weighted by atomic mass is 16.4. The summed E-state index contributed by atoms with van der Waals surface area (Å²) in [5.74, 6) is -0.369. The molecule has 4 nitrogen and oxygen atoms in total. The van der Waals surface area contributed by atoms with E-state index in [9.17, 15) is 9.59 Å².